The molecule has 0 radical (unpaired) electrons. The maximum Gasteiger partial charge on any atom is 0.296 e. The van der Waals surface area contributed by atoms with E-state index in [2.05, 4.69) is 37.2 Å². The van der Waals surface area contributed by atoms with E-state index in [1.165, 1.54) is 12.1 Å². The van der Waals surface area contributed by atoms with Gasteiger partial charge in [0.25, 0.3) is 11.6 Å². The number of carbonyl (C=O) groups is 1. The molecule has 0 aliphatic heterocycles. The summed E-state index contributed by atoms with van der Waals surface area (Å²) in [5.74, 6) is 0.314. The summed E-state index contributed by atoms with van der Waals surface area (Å²) in [5, 5.41) is 13.7. The third-order valence-corrected chi connectivity index (χ3v) is 4.27. The highest BCUT2D eigenvalue weighted by atomic mass is 79.9. The summed E-state index contributed by atoms with van der Waals surface area (Å²) in [7, 11) is 0. The van der Waals surface area contributed by atoms with Crippen molar-refractivity contribution in [2.24, 2.45) is 0 Å². The van der Waals surface area contributed by atoms with Crippen LogP contribution < -0.4 is 14.8 Å². The molecule has 0 aliphatic carbocycles. The van der Waals surface area contributed by atoms with E-state index in [1.807, 2.05) is 6.07 Å². The molecule has 0 heterocycles. The van der Waals surface area contributed by atoms with Crippen molar-refractivity contribution < 1.29 is 19.2 Å². The van der Waals surface area contributed by atoms with Crippen LogP contribution in [0.5, 0.6) is 11.5 Å². The van der Waals surface area contributed by atoms with Crippen molar-refractivity contribution in [1.82, 2.24) is 0 Å². The largest absolute Gasteiger partial charge is 0.494 e. The Morgan fingerprint density at radius 2 is 1.88 bits per heavy atom. The number of hydrogen-bond donors (Lipinski definition) is 1. The summed E-state index contributed by atoms with van der Waals surface area (Å²) < 4.78 is 12.1. The second-order valence-corrected chi connectivity index (χ2v) is 6.47. The van der Waals surface area contributed by atoms with Gasteiger partial charge in [-0.25, -0.2) is 0 Å². The van der Waals surface area contributed by atoms with Gasteiger partial charge in [-0.3, -0.25) is 14.9 Å². The van der Waals surface area contributed by atoms with Gasteiger partial charge in [-0.05, 0) is 63.0 Å². The molecule has 1 amide bonds. The standard InChI is InChI=1S/C16H14Br2N2O5/c1-2-24-10-6-7-13(14(8-10)20(22)23)19-15(21)9-25-16-11(17)4-3-5-12(16)18/h3-8H,2,9H2,1H3,(H,19,21). The number of para-hydroxylation sites is 1. The predicted octanol–water partition coefficient (Wildman–Crippen LogP) is 4.54. The monoisotopic (exact) mass is 472 g/mol. The first-order valence-electron chi connectivity index (χ1n) is 7.20. The molecule has 0 bridgehead atoms. The highest BCUT2D eigenvalue weighted by molar-refractivity contribution is 9.11. The molecule has 1 N–H and O–H groups in total. The van der Waals surface area contributed by atoms with Gasteiger partial charge in [-0.2, -0.15) is 0 Å². The first-order chi connectivity index (χ1) is 11.9. The van der Waals surface area contributed by atoms with Crippen LogP contribution in [0.25, 0.3) is 0 Å². The molecule has 132 valence electrons. The number of nitrogens with zero attached hydrogens (tertiary/aromatic N) is 1. The fourth-order valence-corrected chi connectivity index (χ4v) is 3.20. The Labute approximate surface area is 160 Å². The number of nitrogens with one attached hydrogen (secondary N) is 1. The molecular weight excluding hydrogens is 460 g/mol. The van der Waals surface area contributed by atoms with Gasteiger partial charge in [0.15, 0.2) is 6.61 Å². The van der Waals surface area contributed by atoms with E-state index in [0.29, 0.717) is 27.1 Å². The van der Waals surface area contributed by atoms with Gasteiger partial charge >= 0.3 is 0 Å². The molecule has 0 spiro atoms. The van der Waals surface area contributed by atoms with Crippen molar-refractivity contribution in [1.29, 1.82) is 0 Å². The summed E-state index contributed by atoms with van der Waals surface area (Å²) in [6, 6.07) is 9.60. The van der Waals surface area contributed by atoms with Crippen molar-refractivity contribution in [2.45, 2.75) is 6.92 Å². The zero-order valence-electron chi connectivity index (χ0n) is 13.1. The van der Waals surface area contributed by atoms with Gasteiger partial charge in [0.2, 0.25) is 0 Å². The Balaban J connectivity index is 2.08. The van der Waals surface area contributed by atoms with Crippen molar-refractivity contribution in [2.75, 3.05) is 18.5 Å². The van der Waals surface area contributed by atoms with Gasteiger partial charge in [0.1, 0.15) is 17.2 Å². The zero-order valence-corrected chi connectivity index (χ0v) is 16.3. The minimum absolute atomic E-state index is 0.0771. The lowest BCUT2D eigenvalue weighted by atomic mass is 10.2. The van der Waals surface area contributed by atoms with Crippen LogP contribution >= 0.6 is 31.9 Å². The normalized spacial score (nSPS) is 10.2. The van der Waals surface area contributed by atoms with Gasteiger partial charge in [0.05, 0.1) is 26.5 Å². The maximum absolute atomic E-state index is 12.1. The number of rotatable bonds is 7. The second-order valence-electron chi connectivity index (χ2n) is 4.76. The van der Waals surface area contributed by atoms with E-state index in [-0.39, 0.29) is 18.0 Å². The highest BCUT2D eigenvalue weighted by Crippen LogP contribution is 2.33. The minimum atomic E-state index is -0.580. The van der Waals surface area contributed by atoms with Crippen LogP contribution in [-0.4, -0.2) is 24.0 Å². The van der Waals surface area contributed by atoms with Crippen LogP contribution in [0, 0.1) is 10.1 Å². The van der Waals surface area contributed by atoms with E-state index < -0.39 is 10.8 Å². The van der Waals surface area contributed by atoms with Crippen LogP contribution in [0.2, 0.25) is 0 Å². The van der Waals surface area contributed by atoms with Gasteiger partial charge in [-0.1, -0.05) is 6.07 Å². The minimum Gasteiger partial charge on any atom is -0.494 e. The second kappa shape index (κ2) is 8.82. The van der Waals surface area contributed by atoms with E-state index in [1.54, 1.807) is 25.1 Å². The van der Waals surface area contributed by atoms with Gasteiger partial charge in [-0.15, -0.1) is 0 Å². The fourth-order valence-electron chi connectivity index (χ4n) is 1.97. The fraction of sp³-hybridized carbons (Fsp3) is 0.188. The van der Waals surface area contributed by atoms with Crippen LogP contribution in [0.4, 0.5) is 11.4 Å². The SMILES string of the molecule is CCOc1ccc(NC(=O)COc2c(Br)cccc2Br)c([N+](=O)[O-])c1. The van der Waals surface area contributed by atoms with E-state index >= 15 is 0 Å². The lowest BCUT2D eigenvalue weighted by Crippen LogP contribution is -2.21. The average molecular weight is 474 g/mol. The topological polar surface area (TPSA) is 90.7 Å². The molecule has 9 heteroatoms. The lowest BCUT2D eigenvalue weighted by Gasteiger charge is -2.11. The highest BCUT2D eigenvalue weighted by Gasteiger charge is 2.18. The molecule has 0 aliphatic rings. The smallest absolute Gasteiger partial charge is 0.296 e. The van der Waals surface area contributed by atoms with Crippen molar-refractivity contribution in [3.8, 4) is 11.5 Å². The van der Waals surface area contributed by atoms with Crippen LogP contribution in [0.3, 0.4) is 0 Å². The quantitative estimate of drug-likeness (QED) is 0.471. The third-order valence-electron chi connectivity index (χ3n) is 3.02. The van der Waals surface area contributed by atoms with E-state index in [9.17, 15) is 14.9 Å². The summed E-state index contributed by atoms with van der Waals surface area (Å²) in [6.07, 6.45) is 0. The van der Waals surface area contributed by atoms with Crippen molar-refractivity contribution in [3.05, 3.63) is 55.5 Å². The molecule has 25 heavy (non-hydrogen) atoms. The summed E-state index contributed by atoms with van der Waals surface area (Å²) in [5.41, 5.74) is -0.172. The van der Waals surface area contributed by atoms with Gasteiger partial charge < -0.3 is 14.8 Å². The van der Waals surface area contributed by atoms with Crippen LogP contribution in [-0.2, 0) is 4.79 Å². The molecule has 0 fully saturated rings. The number of halogens is 2. The molecule has 7 nitrogen and oxygen atoms in total. The number of benzene rings is 2. The number of nitro benzene ring substituents is 1. The molecule has 0 aromatic heterocycles. The maximum atomic E-state index is 12.1. The molecule has 0 atom stereocenters. The Bertz CT molecular complexity index is 778. The number of nitro groups is 1. The number of ether oxygens (including phenoxy) is 2. The molecule has 2 aromatic rings. The zero-order chi connectivity index (χ0) is 18.4. The van der Waals surface area contributed by atoms with Gasteiger partial charge in [0, 0.05) is 0 Å². The average Bonchev–Trinajstić information content (AvgIpc) is 2.56. The molecule has 0 saturated heterocycles. The summed E-state index contributed by atoms with van der Waals surface area (Å²) in [4.78, 5) is 22.7. The molecule has 2 rings (SSSR count). The van der Waals surface area contributed by atoms with Crippen LogP contribution in [0.1, 0.15) is 6.92 Å². The molecule has 2 aromatic carbocycles. The molecular formula is C16H14Br2N2O5. The Morgan fingerprint density at radius 1 is 1.20 bits per heavy atom. The summed E-state index contributed by atoms with van der Waals surface area (Å²) >= 11 is 6.65. The number of anilines is 1. The van der Waals surface area contributed by atoms with Crippen molar-refractivity contribution in [3.63, 3.8) is 0 Å². The lowest BCUT2D eigenvalue weighted by molar-refractivity contribution is -0.384. The van der Waals surface area contributed by atoms with Crippen molar-refractivity contribution >= 4 is 49.1 Å². The van der Waals surface area contributed by atoms with Crippen LogP contribution in [0.15, 0.2) is 45.3 Å². The molecule has 0 unspecified atom stereocenters. The number of hydrogen-bond acceptors (Lipinski definition) is 5. The number of carbonyl (C=O) groups excluding carboxylic acids is 1. The number of amides is 1. The van der Waals surface area contributed by atoms with E-state index in [4.69, 9.17) is 9.47 Å². The third kappa shape index (κ3) is 5.17. The first kappa shape index (κ1) is 19.2. The Morgan fingerprint density at radius 3 is 2.48 bits per heavy atom. The Kier molecular flexibility index (Phi) is 6.77. The first-order valence-corrected chi connectivity index (χ1v) is 8.79. The Hall–Kier alpha value is -2.13. The predicted molar refractivity (Wildman–Crippen MR) is 100 cm³/mol. The van der Waals surface area contributed by atoms with E-state index in [0.717, 1.165) is 0 Å². The summed E-state index contributed by atoms with van der Waals surface area (Å²) in [6.45, 7) is 1.86. The molecule has 0 saturated carbocycles.